The molecule has 0 spiro atoms. The van der Waals surface area contributed by atoms with E-state index in [1.165, 1.54) is 0 Å². The van der Waals surface area contributed by atoms with E-state index in [0.717, 1.165) is 17.7 Å². The average molecular weight is 306 g/mol. The highest BCUT2D eigenvalue weighted by molar-refractivity contribution is 7.99. The molecule has 2 heterocycles. The minimum atomic E-state index is -0.00570. The summed E-state index contributed by atoms with van der Waals surface area (Å²) in [5.74, 6) is 0.152. The van der Waals surface area contributed by atoms with Gasteiger partial charge in [-0.05, 0) is 47.2 Å². The number of carbonyl (C=O) groups excluding carboxylic acids is 1. The zero-order chi connectivity index (χ0) is 14.4. The summed E-state index contributed by atoms with van der Waals surface area (Å²) in [4.78, 5) is 18.7. The third-order valence-corrected chi connectivity index (χ3v) is 4.91. The molecule has 0 radical (unpaired) electrons. The molecule has 20 heavy (non-hydrogen) atoms. The Morgan fingerprint density at radius 3 is 2.90 bits per heavy atom. The van der Waals surface area contributed by atoms with Gasteiger partial charge in [-0.3, -0.25) is 9.78 Å². The van der Waals surface area contributed by atoms with Crippen molar-refractivity contribution in [1.29, 1.82) is 0 Å². The maximum Gasteiger partial charge on any atom is 0.240 e. The number of pyridine rings is 1. The number of hydrogen-bond acceptors (Lipinski definition) is 4. The highest BCUT2D eigenvalue weighted by Crippen LogP contribution is 2.22. The second-order valence-electron chi connectivity index (χ2n) is 4.40. The summed E-state index contributed by atoms with van der Waals surface area (Å²) in [5.41, 5.74) is 2.01. The number of nitrogens with zero attached hydrogens (tertiary/aromatic N) is 2. The maximum absolute atomic E-state index is 12.7. The van der Waals surface area contributed by atoms with Gasteiger partial charge in [0.1, 0.15) is 0 Å². The Hall–Kier alpha value is -1.33. The lowest BCUT2D eigenvalue weighted by molar-refractivity contribution is -0.118. The number of rotatable bonds is 6. The second kappa shape index (κ2) is 7.45. The third kappa shape index (κ3) is 3.61. The Balaban J connectivity index is 2.26. The van der Waals surface area contributed by atoms with Gasteiger partial charge in [-0.1, -0.05) is 6.92 Å². The van der Waals surface area contributed by atoms with Crippen molar-refractivity contribution in [3.05, 3.63) is 46.9 Å². The van der Waals surface area contributed by atoms with Crippen LogP contribution in [0.3, 0.4) is 0 Å². The number of thioether (sulfide) groups is 1. The van der Waals surface area contributed by atoms with Crippen molar-refractivity contribution in [3.63, 3.8) is 0 Å². The van der Waals surface area contributed by atoms with Crippen molar-refractivity contribution in [2.24, 2.45) is 0 Å². The van der Waals surface area contributed by atoms with Gasteiger partial charge >= 0.3 is 0 Å². The van der Waals surface area contributed by atoms with Crippen molar-refractivity contribution in [2.45, 2.75) is 25.1 Å². The largest absolute Gasteiger partial charge is 0.305 e. The van der Waals surface area contributed by atoms with E-state index in [1.807, 2.05) is 35.6 Å². The van der Waals surface area contributed by atoms with Gasteiger partial charge in [0.15, 0.2) is 0 Å². The van der Waals surface area contributed by atoms with Gasteiger partial charge in [-0.25, -0.2) is 0 Å². The van der Waals surface area contributed by atoms with Crippen LogP contribution in [0.5, 0.6) is 0 Å². The molecular formula is C15H18N2OS2. The van der Waals surface area contributed by atoms with E-state index in [4.69, 9.17) is 0 Å². The van der Waals surface area contributed by atoms with Gasteiger partial charge in [-0.2, -0.15) is 23.1 Å². The summed E-state index contributed by atoms with van der Waals surface area (Å²) in [6, 6.07) is 5.86. The van der Waals surface area contributed by atoms with Gasteiger partial charge < -0.3 is 4.90 Å². The first-order chi connectivity index (χ1) is 9.76. The number of aromatic nitrogens is 1. The second-order valence-corrected chi connectivity index (χ2v) is 6.22. The van der Waals surface area contributed by atoms with Crippen LogP contribution in [0.4, 0.5) is 5.69 Å². The fraction of sp³-hybridized carbons (Fsp3) is 0.333. The molecule has 2 aromatic heterocycles. The summed E-state index contributed by atoms with van der Waals surface area (Å²) >= 11 is 3.25. The first-order valence-electron chi connectivity index (χ1n) is 6.51. The monoisotopic (exact) mass is 306 g/mol. The molecular weight excluding hydrogens is 288 g/mol. The van der Waals surface area contributed by atoms with E-state index in [-0.39, 0.29) is 11.2 Å². The van der Waals surface area contributed by atoms with E-state index in [2.05, 4.69) is 16.4 Å². The van der Waals surface area contributed by atoms with Crippen LogP contribution < -0.4 is 4.90 Å². The standard InChI is InChI=1S/C15H18N2OS2/c1-3-14(19-2)15(18)17(10-12-6-8-20-11-12)13-5-4-7-16-9-13/h4-9,11,14H,3,10H2,1-2H3/t14-/m1/s1. The Labute approximate surface area is 128 Å². The number of anilines is 1. The fourth-order valence-electron chi connectivity index (χ4n) is 1.99. The van der Waals surface area contributed by atoms with Crippen LogP contribution in [0.15, 0.2) is 41.4 Å². The smallest absolute Gasteiger partial charge is 0.240 e. The molecule has 0 aliphatic carbocycles. The van der Waals surface area contributed by atoms with Gasteiger partial charge in [0.25, 0.3) is 0 Å². The Bertz CT molecular complexity index is 524. The first-order valence-corrected chi connectivity index (χ1v) is 8.74. The fourth-order valence-corrected chi connectivity index (χ4v) is 3.31. The minimum Gasteiger partial charge on any atom is -0.305 e. The van der Waals surface area contributed by atoms with Crippen molar-refractivity contribution in [3.8, 4) is 0 Å². The van der Waals surface area contributed by atoms with Crippen LogP contribution in [0.25, 0.3) is 0 Å². The van der Waals surface area contributed by atoms with Crippen molar-refractivity contribution >= 4 is 34.7 Å². The zero-order valence-corrected chi connectivity index (χ0v) is 13.3. The van der Waals surface area contributed by atoms with Crippen LogP contribution in [0.1, 0.15) is 18.9 Å². The Kier molecular flexibility index (Phi) is 5.61. The van der Waals surface area contributed by atoms with Crippen LogP contribution in [-0.4, -0.2) is 22.4 Å². The molecule has 0 fully saturated rings. The molecule has 0 unspecified atom stereocenters. The summed E-state index contributed by atoms with van der Waals surface area (Å²) in [6.07, 6.45) is 6.29. The van der Waals surface area contributed by atoms with E-state index in [9.17, 15) is 4.79 Å². The lowest BCUT2D eigenvalue weighted by Gasteiger charge is -2.25. The summed E-state index contributed by atoms with van der Waals surface area (Å²) in [6.45, 7) is 2.65. The number of thiophene rings is 1. The van der Waals surface area contributed by atoms with Gasteiger partial charge in [-0.15, -0.1) is 0 Å². The quantitative estimate of drug-likeness (QED) is 0.813. The van der Waals surface area contributed by atoms with Crippen molar-refractivity contribution in [2.75, 3.05) is 11.2 Å². The predicted octanol–water partition coefficient (Wildman–Crippen LogP) is 3.82. The molecule has 0 aromatic carbocycles. The molecule has 5 heteroatoms. The molecule has 0 bridgehead atoms. The molecule has 3 nitrogen and oxygen atoms in total. The van der Waals surface area contributed by atoms with Crippen molar-refractivity contribution < 1.29 is 4.79 Å². The summed E-state index contributed by atoms with van der Waals surface area (Å²) in [7, 11) is 0. The Morgan fingerprint density at radius 2 is 2.35 bits per heavy atom. The molecule has 106 valence electrons. The SMILES string of the molecule is CC[C@@H](SC)C(=O)N(Cc1ccsc1)c1cccnc1. The van der Waals surface area contributed by atoms with Crippen LogP contribution in [0, 0.1) is 0 Å². The molecule has 0 saturated heterocycles. The normalized spacial score (nSPS) is 12.1. The summed E-state index contributed by atoms with van der Waals surface area (Å²) < 4.78 is 0. The molecule has 2 aromatic rings. The van der Waals surface area contributed by atoms with Crippen LogP contribution >= 0.6 is 23.1 Å². The summed E-state index contributed by atoms with van der Waals surface area (Å²) in [5, 5.41) is 4.11. The minimum absolute atomic E-state index is 0.00570. The lowest BCUT2D eigenvalue weighted by atomic mass is 10.2. The number of amides is 1. The maximum atomic E-state index is 12.7. The van der Waals surface area contributed by atoms with Gasteiger partial charge in [0, 0.05) is 6.20 Å². The van der Waals surface area contributed by atoms with E-state index >= 15 is 0 Å². The van der Waals surface area contributed by atoms with Gasteiger partial charge in [0.05, 0.1) is 23.7 Å². The molecule has 1 atom stereocenters. The van der Waals surface area contributed by atoms with Crippen LogP contribution in [-0.2, 0) is 11.3 Å². The zero-order valence-electron chi connectivity index (χ0n) is 11.7. The Morgan fingerprint density at radius 1 is 1.50 bits per heavy atom. The lowest BCUT2D eigenvalue weighted by Crippen LogP contribution is -2.37. The van der Waals surface area contributed by atoms with E-state index < -0.39 is 0 Å². The molecule has 0 saturated carbocycles. The molecule has 1 amide bonds. The number of hydrogen-bond donors (Lipinski definition) is 0. The molecule has 0 aliphatic rings. The third-order valence-electron chi connectivity index (χ3n) is 3.08. The van der Waals surface area contributed by atoms with E-state index in [1.54, 1.807) is 35.5 Å². The molecule has 2 rings (SSSR count). The number of carbonyl (C=O) groups is 1. The highest BCUT2D eigenvalue weighted by atomic mass is 32.2. The highest BCUT2D eigenvalue weighted by Gasteiger charge is 2.23. The molecule has 0 aliphatic heterocycles. The predicted molar refractivity (Wildman–Crippen MR) is 87.3 cm³/mol. The van der Waals surface area contributed by atoms with Gasteiger partial charge in [0.2, 0.25) is 5.91 Å². The first kappa shape index (κ1) is 15.1. The van der Waals surface area contributed by atoms with E-state index in [0.29, 0.717) is 6.54 Å². The molecule has 0 N–H and O–H groups in total. The average Bonchev–Trinajstić information content (AvgIpc) is 3.00. The van der Waals surface area contributed by atoms with Crippen molar-refractivity contribution in [1.82, 2.24) is 4.98 Å². The van der Waals surface area contributed by atoms with Crippen LogP contribution in [0.2, 0.25) is 0 Å². The topological polar surface area (TPSA) is 33.2 Å².